The summed E-state index contributed by atoms with van der Waals surface area (Å²) in [6.45, 7) is 3.94. The molecule has 160 valence electrons. The first kappa shape index (κ1) is 21.5. The van der Waals surface area contributed by atoms with Gasteiger partial charge in [-0.15, -0.1) is 11.8 Å². The van der Waals surface area contributed by atoms with Crippen molar-refractivity contribution in [2.45, 2.75) is 25.5 Å². The maximum atomic E-state index is 13.3. The van der Waals surface area contributed by atoms with E-state index in [0.717, 1.165) is 5.03 Å². The van der Waals surface area contributed by atoms with Gasteiger partial charge in [0.1, 0.15) is 5.76 Å². The number of nitrogens with one attached hydrogen (secondary N) is 2. The van der Waals surface area contributed by atoms with Crippen molar-refractivity contribution in [1.29, 1.82) is 5.26 Å². The summed E-state index contributed by atoms with van der Waals surface area (Å²) in [5, 5.41) is 17.1. The van der Waals surface area contributed by atoms with Crippen LogP contribution in [0.4, 0.5) is 5.69 Å². The highest BCUT2D eigenvalue weighted by molar-refractivity contribution is 8.02. The van der Waals surface area contributed by atoms with Crippen molar-refractivity contribution in [1.82, 2.24) is 5.32 Å². The second kappa shape index (κ2) is 9.63. The molecule has 0 saturated carbocycles. The van der Waals surface area contributed by atoms with Crippen molar-refractivity contribution < 1.29 is 9.21 Å². The third-order valence-corrected chi connectivity index (χ3v) is 6.45. The van der Waals surface area contributed by atoms with Crippen LogP contribution in [0, 0.1) is 18.3 Å². The number of thioether (sulfide) groups is 1. The van der Waals surface area contributed by atoms with Crippen LogP contribution >= 0.6 is 11.8 Å². The smallest absolute Gasteiger partial charge is 0.254 e. The summed E-state index contributed by atoms with van der Waals surface area (Å²) in [5.41, 5.74) is 4.74. The van der Waals surface area contributed by atoms with Crippen molar-refractivity contribution in [3.8, 4) is 6.07 Å². The molecule has 0 aliphatic carbocycles. The summed E-state index contributed by atoms with van der Waals surface area (Å²) in [6, 6.07) is 23.4. The largest absolute Gasteiger partial charge is 0.468 e. The molecule has 32 heavy (non-hydrogen) atoms. The third-order valence-electron chi connectivity index (χ3n) is 5.38. The standard InChI is InChI=1S/C26H23N3O2S/c1-17-9-6-7-10-19(17)16-32-26-21(15-27)24(22-13-8-14-31-22)23(18(2)28-26)25(30)29-20-11-4-3-5-12-20/h3-14,24,28H,16H2,1-2H3,(H,29,30)/t24-/m1/s1. The van der Waals surface area contributed by atoms with Gasteiger partial charge in [-0.05, 0) is 49.2 Å². The van der Waals surface area contributed by atoms with E-state index in [1.165, 1.54) is 11.1 Å². The minimum Gasteiger partial charge on any atom is -0.468 e. The van der Waals surface area contributed by atoms with Gasteiger partial charge in [-0.3, -0.25) is 4.79 Å². The molecule has 2 N–H and O–H groups in total. The number of hydrogen-bond donors (Lipinski definition) is 2. The van der Waals surface area contributed by atoms with Gasteiger partial charge in [0, 0.05) is 17.1 Å². The van der Waals surface area contributed by atoms with Gasteiger partial charge in [0.25, 0.3) is 5.91 Å². The molecule has 2 heterocycles. The molecule has 1 amide bonds. The van der Waals surface area contributed by atoms with Gasteiger partial charge in [0.15, 0.2) is 0 Å². The number of allylic oxidation sites excluding steroid dienone is 2. The molecular formula is C26H23N3O2S. The van der Waals surface area contributed by atoms with Gasteiger partial charge in [-0.1, -0.05) is 42.5 Å². The Morgan fingerprint density at radius 3 is 2.53 bits per heavy atom. The summed E-state index contributed by atoms with van der Waals surface area (Å²) in [7, 11) is 0. The molecule has 1 aliphatic rings. The van der Waals surface area contributed by atoms with Crippen LogP contribution in [0.2, 0.25) is 0 Å². The Hall–Kier alpha value is -3.69. The van der Waals surface area contributed by atoms with Crippen molar-refractivity contribution in [3.63, 3.8) is 0 Å². The lowest BCUT2D eigenvalue weighted by atomic mass is 9.85. The van der Waals surface area contributed by atoms with E-state index in [1.54, 1.807) is 30.2 Å². The minimum absolute atomic E-state index is 0.265. The van der Waals surface area contributed by atoms with Crippen LogP contribution in [0.25, 0.3) is 0 Å². The SMILES string of the molecule is CC1=C(C(=O)Nc2ccccc2)[C@@H](c2ccco2)C(C#N)=C(SCc2ccccc2C)N1. The normalized spacial score (nSPS) is 15.8. The molecule has 1 atom stereocenters. The van der Waals surface area contributed by atoms with Gasteiger partial charge in [0.2, 0.25) is 0 Å². The van der Waals surface area contributed by atoms with Gasteiger partial charge in [0.05, 0.1) is 34.4 Å². The van der Waals surface area contributed by atoms with Crippen molar-refractivity contribution in [3.05, 3.63) is 112 Å². The van der Waals surface area contributed by atoms with E-state index >= 15 is 0 Å². The van der Waals surface area contributed by atoms with E-state index in [0.29, 0.717) is 34.0 Å². The van der Waals surface area contributed by atoms with E-state index in [4.69, 9.17) is 4.42 Å². The number of furan rings is 1. The highest BCUT2D eigenvalue weighted by Gasteiger charge is 2.36. The average molecular weight is 442 g/mol. The fraction of sp³-hybridized carbons (Fsp3) is 0.154. The zero-order valence-electron chi connectivity index (χ0n) is 17.9. The predicted molar refractivity (Wildman–Crippen MR) is 127 cm³/mol. The van der Waals surface area contributed by atoms with Crippen molar-refractivity contribution >= 4 is 23.4 Å². The molecule has 4 rings (SSSR count). The van der Waals surface area contributed by atoms with Crippen LogP contribution in [-0.2, 0) is 10.5 Å². The Morgan fingerprint density at radius 1 is 1.09 bits per heavy atom. The highest BCUT2D eigenvalue weighted by atomic mass is 32.2. The number of amides is 1. The van der Waals surface area contributed by atoms with Crippen LogP contribution in [0.15, 0.2) is 99.3 Å². The maximum absolute atomic E-state index is 13.3. The molecule has 1 aromatic heterocycles. The second-order valence-corrected chi connectivity index (χ2v) is 8.49. The molecule has 6 heteroatoms. The number of benzene rings is 2. The Kier molecular flexibility index (Phi) is 6.48. The average Bonchev–Trinajstić information content (AvgIpc) is 3.33. The van der Waals surface area contributed by atoms with Crippen molar-refractivity contribution in [2.75, 3.05) is 5.32 Å². The number of carbonyl (C=O) groups is 1. The van der Waals surface area contributed by atoms with E-state index in [-0.39, 0.29) is 5.91 Å². The number of dihydropyridines is 1. The van der Waals surface area contributed by atoms with Crippen LogP contribution < -0.4 is 10.6 Å². The van der Waals surface area contributed by atoms with Gasteiger partial charge >= 0.3 is 0 Å². The lowest BCUT2D eigenvalue weighted by molar-refractivity contribution is -0.113. The molecule has 5 nitrogen and oxygen atoms in total. The lowest BCUT2D eigenvalue weighted by Crippen LogP contribution is -2.30. The number of nitriles is 1. The number of nitrogens with zero attached hydrogens (tertiary/aromatic N) is 1. The Morgan fingerprint density at radius 2 is 1.84 bits per heavy atom. The monoisotopic (exact) mass is 441 g/mol. The minimum atomic E-state index is -0.584. The van der Waals surface area contributed by atoms with Crippen molar-refractivity contribution in [2.24, 2.45) is 0 Å². The predicted octanol–water partition coefficient (Wildman–Crippen LogP) is 5.86. The molecule has 0 bridgehead atoms. The van der Waals surface area contributed by atoms with Gasteiger partial charge in [-0.2, -0.15) is 5.26 Å². The van der Waals surface area contributed by atoms with E-state index in [2.05, 4.69) is 35.8 Å². The Bertz CT molecular complexity index is 1220. The molecule has 0 radical (unpaired) electrons. The van der Waals surface area contributed by atoms with Gasteiger partial charge < -0.3 is 15.1 Å². The van der Waals surface area contributed by atoms with E-state index in [1.807, 2.05) is 49.4 Å². The fourth-order valence-electron chi connectivity index (χ4n) is 3.71. The third kappa shape index (κ3) is 4.48. The first-order valence-corrected chi connectivity index (χ1v) is 11.3. The second-order valence-electron chi connectivity index (χ2n) is 7.50. The lowest BCUT2D eigenvalue weighted by Gasteiger charge is -2.28. The van der Waals surface area contributed by atoms with Crippen LogP contribution in [-0.4, -0.2) is 5.91 Å². The van der Waals surface area contributed by atoms with Crippen LogP contribution in [0.1, 0.15) is 29.7 Å². The Labute approximate surface area is 191 Å². The molecule has 0 fully saturated rings. The number of carbonyl (C=O) groups excluding carboxylic acids is 1. The number of rotatable bonds is 6. The topological polar surface area (TPSA) is 78.1 Å². The molecule has 3 aromatic rings. The van der Waals surface area contributed by atoms with Crippen LogP contribution in [0.5, 0.6) is 0 Å². The summed E-state index contributed by atoms with van der Waals surface area (Å²) in [5.74, 6) is 0.427. The summed E-state index contributed by atoms with van der Waals surface area (Å²) < 4.78 is 5.68. The summed E-state index contributed by atoms with van der Waals surface area (Å²) in [4.78, 5) is 13.3. The number of anilines is 1. The maximum Gasteiger partial charge on any atom is 0.254 e. The zero-order chi connectivity index (χ0) is 22.5. The fourth-order valence-corrected chi connectivity index (χ4v) is 4.88. The van der Waals surface area contributed by atoms with Gasteiger partial charge in [-0.25, -0.2) is 0 Å². The summed E-state index contributed by atoms with van der Waals surface area (Å²) >= 11 is 1.56. The van der Waals surface area contributed by atoms with Crippen LogP contribution in [0.3, 0.4) is 0 Å². The highest BCUT2D eigenvalue weighted by Crippen LogP contribution is 2.41. The molecule has 0 saturated heterocycles. The first-order valence-electron chi connectivity index (χ1n) is 10.3. The van der Waals surface area contributed by atoms with E-state index < -0.39 is 5.92 Å². The molecule has 0 unspecified atom stereocenters. The number of para-hydroxylation sites is 1. The molecular weight excluding hydrogens is 418 g/mol. The summed E-state index contributed by atoms with van der Waals surface area (Å²) in [6.07, 6.45) is 1.56. The zero-order valence-corrected chi connectivity index (χ0v) is 18.7. The Balaban J connectivity index is 1.68. The number of hydrogen-bond acceptors (Lipinski definition) is 5. The quantitative estimate of drug-likeness (QED) is 0.501. The number of aryl methyl sites for hydroxylation is 1. The molecule has 2 aromatic carbocycles. The molecule has 1 aliphatic heterocycles. The first-order chi connectivity index (χ1) is 15.6. The molecule has 0 spiro atoms. The van der Waals surface area contributed by atoms with E-state index in [9.17, 15) is 10.1 Å².